The second-order valence-corrected chi connectivity index (χ2v) is 3.06. The van der Waals surface area contributed by atoms with Crippen LogP contribution in [0.15, 0.2) is 6.33 Å². The monoisotopic (exact) mass is 151 g/mol. The molecule has 2 heterocycles. The normalized spacial score (nSPS) is 24.3. The third kappa shape index (κ3) is 1.16. The van der Waals surface area contributed by atoms with Crippen LogP contribution in [0.1, 0.15) is 30.3 Å². The van der Waals surface area contributed by atoms with E-state index in [9.17, 15) is 0 Å². The smallest absolute Gasteiger partial charge is 0.0925 e. The first-order valence-corrected chi connectivity index (χ1v) is 4.11. The third-order valence-electron chi connectivity index (χ3n) is 2.26. The average molecular weight is 151 g/mol. The van der Waals surface area contributed by atoms with Gasteiger partial charge in [0.05, 0.1) is 18.1 Å². The minimum atomic E-state index is 0.501. The minimum absolute atomic E-state index is 0.501. The second-order valence-electron chi connectivity index (χ2n) is 3.06. The van der Waals surface area contributed by atoms with Crippen LogP contribution in [0.3, 0.4) is 0 Å². The van der Waals surface area contributed by atoms with E-state index in [4.69, 9.17) is 0 Å². The van der Waals surface area contributed by atoms with Crippen LogP contribution in [0.5, 0.6) is 0 Å². The summed E-state index contributed by atoms with van der Waals surface area (Å²) in [5, 5.41) is 3.42. The first kappa shape index (κ1) is 6.85. The van der Waals surface area contributed by atoms with Gasteiger partial charge < -0.3 is 10.3 Å². The van der Waals surface area contributed by atoms with E-state index < -0.39 is 0 Å². The Hall–Kier alpha value is -0.830. The highest BCUT2D eigenvalue weighted by Gasteiger charge is 2.19. The maximum absolute atomic E-state index is 4.28. The molecule has 1 aliphatic heterocycles. The molecule has 1 aliphatic rings. The molecule has 0 bridgehead atoms. The van der Waals surface area contributed by atoms with E-state index in [2.05, 4.69) is 22.2 Å². The lowest BCUT2D eigenvalue weighted by Crippen LogP contribution is -2.14. The zero-order valence-corrected chi connectivity index (χ0v) is 6.72. The van der Waals surface area contributed by atoms with Crippen molar-refractivity contribution in [2.45, 2.75) is 25.8 Å². The van der Waals surface area contributed by atoms with Crippen molar-refractivity contribution in [3.05, 3.63) is 17.7 Å². The molecule has 3 nitrogen and oxygen atoms in total. The molecule has 0 aromatic carbocycles. The molecule has 0 saturated carbocycles. The summed E-state index contributed by atoms with van der Waals surface area (Å²) in [6.07, 6.45) is 4.27. The highest BCUT2D eigenvalue weighted by atomic mass is 15.0. The maximum Gasteiger partial charge on any atom is 0.0925 e. The summed E-state index contributed by atoms with van der Waals surface area (Å²) in [7, 11) is 0. The van der Waals surface area contributed by atoms with Crippen LogP contribution in [0.25, 0.3) is 0 Å². The van der Waals surface area contributed by atoms with E-state index in [1.807, 2.05) is 0 Å². The number of aromatic amines is 1. The molecule has 1 aromatic heterocycles. The Balaban J connectivity index is 2.21. The van der Waals surface area contributed by atoms with Crippen molar-refractivity contribution in [3.8, 4) is 0 Å². The fourth-order valence-electron chi connectivity index (χ4n) is 1.64. The van der Waals surface area contributed by atoms with Crippen LogP contribution in [-0.2, 0) is 0 Å². The number of imidazole rings is 1. The number of rotatable bonds is 1. The third-order valence-corrected chi connectivity index (χ3v) is 2.26. The Labute approximate surface area is 66.2 Å². The fraction of sp³-hybridized carbons (Fsp3) is 0.625. The van der Waals surface area contributed by atoms with Crippen molar-refractivity contribution in [3.63, 3.8) is 0 Å². The molecule has 2 rings (SSSR count). The summed E-state index contributed by atoms with van der Waals surface area (Å²) in [4.78, 5) is 7.37. The lowest BCUT2D eigenvalue weighted by atomic mass is 10.1. The number of H-pyrrole nitrogens is 1. The molecular formula is C8H13N3. The zero-order chi connectivity index (χ0) is 7.68. The minimum Gasteiger partial charge on any atom is -0.348 e. The standard InChI is InChI=1S/C8H13N3/c1-6-8(11-5-10-6)7-3-2-4-9-7/h5,7,9H,2-4H2,1H3,(H,10,11)/t7-/m0/s1. The van der Waals surface area contributed by atoms with Gasteiger partial charge in [0.15, 0.2) is 0 Å². The molecule has 2 N–H and O–H groups in total. The van der Waals surface area contributed by atoms with Gasteiger partial charge in [-0.05, 0) is 26.3 Å². The summed E-state index contributed by atoms with van der Waals surface area (Å²) < 4.78 is 0. The van der Waals surface area contributed by atoms with Crippen LogP contribution >= 0.6 is 0 Å². The maximum atomic E-state index is 4.28. The first-order chi connectivity index (χ1) is 5.38. The number of aromatic nitrogens is 2. The Morgan fingerprint density at radius 1 is 1.64 bits per heavy atom. The largest absolute Gasteiger partial charge is 0.348 e. The van der Waals surface area contributed by atoms with Gasteiger partial charge in [0.25, 0.3) is 0 Å². The quantitative estimate of drug-likeness (QED) is 0.632. The van der Waals surface area contributed by atoms with E-state index in [0.29, 0.717) is 6.04 Å². The molecule has 3 heteroatoms. The predicted molar refractivity (Wildman–Crippen MR) is 43.3 cm³/mol. The van der Waals surface area contributed by atoms with Gasteiger partial charge in [0.2, 0.25) is 0 Å². The highest BCUT2D eigenvalue weighted by Crippen LogP contribution is 2.22. The zero-order valence-electron chi connectivity index (χ0n) is 6.72. The van der Waals surface area contributed by atoms with Crippen molar-refractivity contribution < 1.29 is 0 Å². The predicted octanol–water partition coefficient (Wildman–Crippen LogP) is 1.14. The van der Waals surface area contributed by atoms with E-state index in [1.165, 1.54) is 24.2 Å². The van der Waals surface area contributed by atoms with Gasteiger partial charge in [-0.3, -0.25) is 0 Å². The van der Waals surface area contributed by atoms with Gasteiger partial charge in [-0.2, -0.15) is 0 Å². The second kappa shape index (κ2) is 2.66. The summed E-state index contributed by atoms with van der Waals surface area (Å²) in [6.45, 7) is 3.21. The van der Waals surface area contributed by atoms with Crippen LogP contribution in [0.4, 0.5) is 0 Å². The van der Waals surface area contributed by atoms with E-state index >= 15 is 0 Å². The summed E-state index contributed by atoms with van der Waals surface area (Å²) >= 11 is 0. The van der Waals surface area contributed by atoms with Crippen LogP contribution in [-0.4, -0.2) is 16.5 Å². The average Bonchev–Trinajstić information content (AvgIpc) is 2.55. The topological polar surface area (TPSA) is 40.7 Å². The molecule has 60 valence electrons. The molecule has 0 radical (unpaired) electrons. The summed E-state index contributed by atoms with van der Waals surface area (Å²) in [5.74, 6) is 0. The van der Waals surface area contributed by atoms with Crippen LogP contribution in [0.2, 0.25) is 0 Å². The molecule has 0 spiro atoms. The lowest BCUT2D eigenvalue weighted by Gasteiger charge is -2.06. The van der Waals surface area contributed by atoms with Crippen molar-refractivity contribution in [2.75, 3.05) is 6.54 Å². The summed E-state index contributed by atoms with van der Waals surface area (Å²) in [5.41, 5.74) is 2.40. The van der Waals surface area contributed by atoms with Gasteiger partial charge in [-0.25, -0.2) is 4.98 Å². The van der Waals surface area contributed by atoms with E-state index in [-0.39, 0.29) is 0 Å². The SMILES string of the molecule is Cc1[nH]cnc1[C@@H]1CCCN1. The van der Waals surface area contributed by atoms with Crippen LogP contribution < -0.4 is 5.32 Å². The fourth-order valence-corrected chi connectivity index (χ4v) is 1.64. The number of nitrogens with zero attached hydrogens (tertiary/aromatic N) is 1. The van der Waals surface area contributed by atoms with Crippen molar-refractivity contribution in [2.24, 2.45) is 0 Å². The van der Waals surface area contributed by atoms with Gasteiger partial charge in [0, 0.05) is 5.69 Å². The molecule has 0 amide bonds. The Kier molecular flexibility index (Phi) is 1.66. The first-order valence-electron chi connectivity index (χ1n) is 4.11. The van der Waals surface area contributed by atoms with Crippen LogP contribution in [0, 0.1) is 6.92 Å². The van der Waals surface area contributed by atoms with E-state index in [0.717, 1.165) is 6.54 Å². The number of hydrogen-bond acceptors (Lipinski definition) is 2. The van der Waals surface area contributed by atoms with Gasteiger partial charge >= 0.3 is 0 Å². The van der Waals surface area contributed by atoms with Crippen molar-refractivity contribution in [1.29, 1.82) is 0 Å². The molecule has 1 saturated heterocycles. The molecule has 0 aliphatic carbocycles. The van der Waals surface area contributed by atoms with E-state index in [1.54, 1.807) is 6.33 Å². The van der Waals surface area contributed by atoms with Gasteiger partial charge in [-0.15, -0.1) is 0 Å². The van der Waals surface area contributed by atoms with Crippen molar-refractivity contribution in [1.82, 2.24) is 15.3 Å². The Bertz CT molecular complexity index is 235. The molecule has 1 atom stereocenters. The van der Waals surface area contributed by atoms with Crippen molar-refractivity contribution >= 4 is 0 Å². The number of hydrogen-bond donors (Lipinski definition) is 2. The Morgan fingerprint density at radius 2 is 2.55 bits per heavy atom. The van der Waals surface area contributed by atoms with Gasteiger partial charge in [-0.1, -0.05) is 0 Å². The summed E-state index contributed by atoms with van der Waals surface area (Å²) in [6, 6.07) is 0.501. The highest BCUT2D eigenvalue weighted by molar-refractivity contribution is 5.14. The van der Waals surface area contributed by atoms with Gasteiger partial charge in [0.1, 0.15) is 0 Å². The Morgan fingerprint density at radius 3 is 3.09 bits per heavy atom. The molecule has 1 fully saturated rings. The number of aryl methyl sites for hydroxylation is 1. The lowest BCUT2D eigenvalue weighted by molar-refractivity contribution is 0.627. The number of nitrogens with one attached hydrogen (secondary N) is 2. The molecular weight excluding hydrogens is 138 g/mol. The molecule has 11 heavy (non-hydrogen) atoms. The molecule has 1 aromatic rings. The molecule has 0 unspecified atom stereocenters.